The lowest BCUT2D eigenvalue weighted by Gasteiger charge is -2.25. The number of H-pyrrole nitrogens is 1. The van der Waals surface area contributed by atoms with Crippen LogP contribution >= 0.6 is 47.3 Å². The summed E-state index contributed by atoms with van der Waals surface area (Å²) in [5, 5.41) is 6.97. The van der Waals surface area contributed by atoms with E-state index >= 15 is 0 Å². The number of phosphoric ester groups is 1. The molecule has 0 radical (unpaired) electrons. The molecule has 1 aromatic rings. The van der Waals surface area contributed by atoms with Crippen molar-refractivity contribution in [3.8, 4) is 0 Å². The third kappa shape index (κ3) is 16.0. The van der Waals surface area contributed by atoms with Crippen molar-refractivity contribution in [2.24, 2.45) is 10.8 Å². The van der Waals surface area contributed by atoms with Gasteiger partial charge in [-0.1, -0.05) is 81.0 Å². The minimum absolute atomic E-state index is 0.00494. The molecule has 13 nitrogen and oxygen atoms in total. The van der Waals surface area contributed by atoms with Gasteiger partial charge in [-0.05, 0) is 13.3 Å². The molecule has 0 spiro atoms. The van der Waals surface area contributed by atoms with Crippen LogP contribution in [0.1, 0.15) is 65.3 Å². The van der Waals surface area contributed by atoms with E-state index in [4.69, 9.17) is 29.1 Å². The molecule has 2 unspecified atom stereocenters. The van der Waals surface area contributed by atoms with Gasteiger partial charge in [0.25, 0.3) is 5.56 Å². The maximum Gasteiger partial charge on any atom is 0.474 e. The standard InChI is InChI=1S/C26H46BrN4O8PS2.CH4O/c1-17(27)19-20(29-24(28)30-21(19)32)31(8)11-10-18(36-9)16-39-40(35,37-12-14-41-22(33)25(2,3)4)38-13-15-42-23(34)26(5,6)7;1-2/h17-18H,10-16H2,1-9H3,(H3,28,29,30,32);2H,1H3. The minimum Gasteiger partial charge on any atom is -0.400 e. The molecule has 2 atom stereocenters. The molecular formula is C27H50BrN4O9PS2. The maximum absolute atomic E-state index is 13.5. The van der Waals surface area contributed by atoms with E-state index in [1.165, 1.54) is 7.11 Å². The van der Waals surface area contributed by atoms with Crippen molar-refractivity contribution in [3.63, 3.8) is 0 Å². The predicted octanol–water partition coefficient (Wildman–Crippen LogP) is 5.03. The number of nitrogens with zero attached hydrogens (tertiary/aromatic N) is 2. The monoisotopic (exact) mass is 748 g/mol. The number of rotatable bonds is 17. The maximum atomic E-state index is 13.5. The van der Waals surface area contributed by atoms with Gasteiger partial charge in [-0.3, -0.25) is 32.9 Å². The van der Waals surface area contributed by atoms with Gasteiger partial charge in [-0.25, -0.2) is 4.57 Å². The molecule has 4 N–H and O–H groups in total. The lowest BCUT2D eigenvalue weighted by molar-refractivity contribution is -0.118. The number of nitrogens with one attached hydrogen (secondary N) is 1. The number of halogens is 1. The molecule has 0 aliphatic carbocycles. The first-order valence-corrected chi connectivity index (χ1v) is 18.3. The second-order valence-electron chi connectivity index (χ2n) is 11.6. The number of hydrogen-bond acceptors (Lipinski definition) is 14. The number of hydrogen-bond donors (Lipinski definition) is 3. The fourth-order valence-electron chi connectivity index (χ4n) is 3.14. The van der Waals surface area contributed by atoms with Crippen molar-refractivity contribution in [1.29, 1.82) is 0 Å². The molecule has 0 aliphatic heterocycles. The number of aromatic nitrogens is 2. The summed E-state index contributed by atoms with van der Waals surface area (Å²) in [4.78, 5) is 45.2. The highest BCUT2D eigenvalue weighted by atomic mass is 79.9. The largest absolute Gasteiger partial charge is 0.474 e. The van der Waals surface area contributed by atoms with E-state index in [0.29, 0.717) is 24.3 Å². The predicted molar refractivity (Wildman–Crippen MR) is 183 cm³/mol. The Kier molecular flexibility index (Phi) is 19.9. The molecule has 0 aliphatic rings. The summed E-state index contributed by atoms with van der Waals surface area (Å²) >= 11 is 5.60. The van der Waals surface area contributed by atoms with Crippen LogP contribution < -0.4 is 16.2 Å². The van der Waals surface area contributed by atoms with E-state index in [9.17, 15) is 18.9 Å². The number of methoxy groups -OCH3 is 1. The second-order valence-corrected chi connectivity index (χ2v) is 16.7. The number of nitrogens with two attached hydrogens (primary N) is 1. The van der Waals surface area contributed by atoms with Crippen LogP contribution in [0.2, 0.25) is 0 Å². The van der Waals surface area contributed by atoms with E-state index in [1.807, 2.05) is 48.5 Å². The molecule has 0 saturated heterocycles. The first-order valence-electron chi connectivity index (χ1n) is 13.9. The summed E-state index contributed by atoms with van der Waals surface area (Å²) in [7, 11) is 0.225. The Labute approximate surface area is 278 Å². The van der Waals surface area contributed by atoms with E-state index < -0.39 is 24.8 Å². The SMILES string of the molecule is CO.COC(CCN(C)c1nc(N)[nH]c(=O)c1C(C)Br)COP(=O)(OCCSC(=O)C(C)(C)C)OCCSC(=O)C(C)(C)C. The molecule has 1 heterocycles. The summed E-state index contributed by atoms with van der Waals surface area (Å²) < 4.78 is 35.7. The summed E-state index contributed by atoms with van der Waals surface area (Å²) in [5.41, 5.74) is 4.84. The Morgan fingerprint density at radius 2 is 1.52 bits per heavy atom. The van der Waals surface area contributed by atoms with Gasteiger partial charge in [-0.15, -0.1) is 0 Å². The van der Waals surface area contributed by atoms with E-state index in [1.54, 1.807) is 11.9 Å². The number of carbonyl (C=O) groups excluding carboxylic acids is 2. The average Bonchev–Trinajstić information content (AvgIpc) is 2.92. The normalized spacial score (nSPS) is 13.5. The summed E-state index contributed by atoms with van der Waals surface area (Å²) in [5.74, 6) is 0.968. The number of phosphoric acid groups is 1. The average molecular weight is 750 g/mol. The number of carbonyl (C=O) groups is 2. The van der Waals surface area contributed by atoms with Gasteiger partial charge in [-0.2, -0.15) is 4.98 Å². The van der Waals surface area contributed by atoms with E-state index in [-0.39, 0.29) is 57.9 Å². The first kappa shape index (κ1) is 43.0. The molecule has 1 rings (SSSR count). The van der Waals surface area contributed by atoms with Crippen molar-refractivity contribution in [2.45, 2.75) is 65.8 Å². The number of aliphatic hydroxyl groups excluding tert-OH is 1. The Bertz CT molecular complexity index is 1110. The van der Waals surface area contributed by atoms with Crippen molar-refractivity contribution in [2.75, 3.05) is 69.8 Å². The molecule has 0 saturated carbocycles. The summed E-state index contributed by atoms with van der Waals surface area (Å²) in [6, 6.07) is 0. The molecule has 0 bridgehead atoms. The highest BCUT2D eigenvalue weighted by molar-refractivity contribution is 9.09. The quantitative estimate of drug-likeness (QED) is 0.110. The van der Waals surface area contributed by atoms with Gasteiger partial charge in [0.05, 0.1) is 31.5 Å². The first-order chi connectivity index (χ1) is 20.3. The van der Waals surface area contributed by atoms with Crippen LogP contribution in [-0.2, 0) is 32.5 Å². The smallest absolute Gasteiger partial charge is 0.400 e. The van der Waals surface area contributed by atoms with Crippen LogP contribution in [0.25, 0.3) is 0 Å². The third-order valence-corrected chi connectivity index (χ3v) is 10.0. The Hall–Kier alpha value is -0.970. The summed E-state index contributed by atoms with van der Waals surface area (Å²) in [6.07, 6.45) is -0.0885. The molecule has 256 valence electrons. The zero-order chi connectivity index (χ0) is 34.3. The van der Waals surface area contributed by atoms with Gasteiger partial charge in [0.1, 0.15) is 5.82 Å². The van der Waals surface area contributed by atoms with E-state index in [2.05, 4.69) is 25.9 Å². The van der Waals surface area contributed by atoms with Gasteiger partial charge in [0.15, 0.2) is 10.2 Å². The number of aromatic amines is 1. The highest BCUT2D eigenvalue weighted by Gasteiger charge is 2.30. The molecule has 17 heteroatoms. The lowest BCUT2D eigenvalue weighted by atomic mass is 9.99. The van der Waals surface area contributed by atoms with Gasteiger partial charge in [0.2, 0.25) is 5.95 Å². The van der Waals surface area contributed by atoms with Crippen LogP contribution in [0, 0.1) is 10.8 Å². The number of alkyl halides is 1. The fourth-order valence-corrected chi connectivity index (χ4v) is 6.57. The Balaban J connectivity index is 0.00000904. The van der Waals surface area contributed by atoms with Gasteiger partial charge < -0.3 is 20.5 Å². The van der Waals surface area contributed by atoms with Crippen LogP contribution in [-0.4, -0.2) is 90.5 Å². The number of thioether (sulfide) groups is 2. The molecule has 1 aromatic heterocycles. The Morgan fingerprint density at radius 1 is 1.05 bits per heavy atom. The lowest BCUT2D eigenvalue weighted by Crippen LogP contribution is -2.30. The second kappa shape index (κ2) is 20.3. The molecule has 0 aromatic carbocycles. The topological polar surface area (TPSA) is 183 Å². The number of ether oxygens (including phenoxy) is 1. The van der Waals surface area contributed by atoms with Crippen LogP contribution in [0.5, 0.6) is 0 Å². The summed E-state index contributed by atoms with van der Waals surface area (Å²) in [6.45, 7) is 13.0. The van der Waals surface area contributed by atoms with Crippen molar-refractivity contribution in [3.05, 3.63) is 15.9 Å². The van der Waals surface area contributed by atoms with Gasteiger partial charge >= 0.3 is 7.82 Å². The number of anilines is 2. The van der Waals surface area contributed by atoms with Crippen molar-refractivity contribution < 1.29 is 37.6 Å². The van der Waals surface area contributed by atoms with Gasteiger partial charge in [0, 0.05) is 55.0 Å². The van der Waals surface area contributed by atoms with Crippen molar-refractivity contribution in [1.82, 2.24) is 9.97 Å². The zero-order valence-corrected chi connectivity index (χ0v) is 31.5. The molecular weight excluding hydrogens is 699 g/mol. The van der Waals surface area contributed by atoms with Crippen LogP contribution in [0.15, 0.2) is 4.79 Å². The molecule has 0 amide bonds. The number of nitrogen functional groups attached to an aromatic ring is 1. The fraction of sp³-hybridized carbons (Fsp3) is 0.778. The number of aliphatic hydroxyl groups is 1. The molecule has 44 heavy (non-hydrogen) atoms. The van der Waals surface area contributed by atoms with Crippen LogP contribution in [0.4, 0.5) is 11.8 Å². The molecule has 0 fully saturated rings. The zero-order valence-electron chi connectivity index (χ0n) is 27.4. The Morgan fingerprint density at radius 3 is 1.93 bits per heavy atom. The highest BCUT2D eigenvalue weighted by Crippen LogP contribution is 2.50. The van der Waals surface area contributed by atoms with Crippen molar-refractivity contribution >= 4 is 69.3 Å². The minimum atomic E-state index is -4.05. The van der Waals surface area contributed by atoms with Crippen LogP contribution in [0.3, 0.4) is 0 Å². The third-order valence-electron chi connectivity index (χ3n) is 5.61. The van der Waals surface area contributed by atoms with E-state index in [0.717, 1.165) is 30.6 Å².